The van der Waals surface area contributed by atoms with Crippen molar-refractivity contribution in [2.75, 3.05) is 20.1 Å². The van der Waals surface area contributed by atoms with Gasteiger partial charge in [0.1, 0.15) is 12.5 Å². The number of carbonyl (C=O) groups excluding carboxylic acids is 1. The number of alkyl halides is 1. The molecule has 3 rings (SSSR count). The maximum absolute atomic E-state index is 13.9. The Morgan fingerprint density at radius 3 is 2.88 bits per heavy atom. The molecule has 1 aliphatic heterocycles. The number of likely N-dealkylation sites (tertiary alicyclic amines) is 1. The first-order chi connectivity index (χ1) is 11.5. The van der Waals surface area contributed by atoms with Gasteiger partial charge in [-0.25, -0.2) is 19.3 Å². The van der Waals surface area contributed by atoms with E-state index in [1.165, 1.54) is 18.7 Å². The van der Waals surface area contributed by atoms with Gasteiger partial charge < -0.3 is 4.90 Å². The molecule has 3 heterocycles. The lowest BCUT2D eigenvalue weighted by atomic mass is 10.2. The number of hydrogen-bond donors (Lipinski definition) is 0. The summed E-state index contributed by atoms with van der Waals surface area (Å²) >= 11 is 1.60. The van der Waals surface area contributed by atoms with Gasteiger partial charge in [-0.1, -0.05) is 0 Å². The van der Waals surface area contributed by atoms with Crippen LogP contribution in [0.15, 0.2) is 24.1 Å². The van der Waals surface area contributed by atoms with Gasteiger partial charge in [-0.15, -0.1) is 11.3 Å². The summed E-state index contributed by atoms with van der Waals surface area (Å²) in [5.41, 5.74) is 1.40. The summed E-state index contributed by atoms with van der Waals surface area (Å²) in [5, 5.41) is 3.02. The maximum atomic E-state index is 13.9. The molecule has 1 aliphatic rings. The van der Waals surface area contributed by atoms with Crippen LogP contribution in [0.3, 0.4) is 0 Å². The van der Waals surface area contributed by atoms with Gasteiger partial charge in [0.2, 0.25) is 0 Å². The zero-order chi connectivity index (χ0) is 17.1. The number of likely N-dealkylation sites (N-methyl/N-ethyl adjacent to an activating group) is 1. The first-order valence-corrected chi connectivity index (χ1v) is 8.70. The Bertz CT molecular complexity index is 695. The highest BCUT2D eigenvalue weighted by Crippen LogP contribution is 2.24. The van der Waals surface area contributed by atoms with E-state index in [1.807, 2.05) is 12.3 Å². The van der Waals surface area contributed by atoms with Crippen LogP contribution in [0, 0.1) is 6.92 Å². The van der Waals surface area contributed by atoms with Crippen molar-refractivity contribution in [3.8, 4) is 0 Å². The molecule has 0 saturated carbocycles. The van der Waals surface area contributed by atoms with Gasteiger partial charge >= 0.3 is 0 Å². The molecule has 1 saturated heterocycles. The number of thiazole rings is 1. The number of nitrogens with zero attached hydrogens (tertiary/aromatic N) is 5. The highest BCUT2D eigenvalue weighted by atomic mass is 32.1. The normalized spacial score (nSPS) is 21.1. The van der Waals surface area contributed by atoms with Crippen LogP contribution in [0.1, 0.15) is 27.5 Å². The lowest BCUT2D eigenvalue weighted by molar-refractivity contribution is 0.0748. The smallest absolute Gasteiger partial charge is 0.256 e. The van der Waals surface area contributed by atoms with Crippen molar-refractivity contribution >= 4 is 17.2 Å². The number of amides is 1. The molecule has 128 valence electrons. The average Bonchev–Trinajstić information content (AvgIpc) is 3.13. The van der Waals surface area contributed by atoms with Gasteiger partial charge in [-0.3, -0.25) is 9.69 Å². The van der Waals surface area contributed by atoms with Crippen molar-refractivity contribution in [2.45, 2.75) is 32.1 Å². The lowest BCUT2D eigenvalue weighted by Gasteiger charge is -2.27. The molecule has 0 aromatic carbocycles. The van der Waals surface area contributed by atoms with Gasteiger partial charge in [0.05, 0.1) is 16.3 Å². The molecule has 2 aromatic rings. The molecule has 1 fully saturated rings. The largest absolute Gasteiger partial charge is 0.340 e. The second kappa shape index (κ2) is 7.31. The van der Waals surface area contributed by atoms with Crippen LogP contribution in [0.4, 0.5) is 4.39 Å². The molecule has 2 aromatic heterocycles. The molecule has 0 aliphatic carbocycles. The fraction of sp³-hybridized carbons (Fsp3) is 0.500. The predicted molar refractivity (Wildman–Crippen MR) is 89.6 cm³/mol. The summed E-state index contributed by atoms with van der Waals surface area (Å²) < 4.78 is 13.9. The molecule has 6 nitrogen and oxygen atoms in total. The van der Waals surface area contributed by atoms with Gasteiger partial charge in [0.25, 0.3) is 5.91 Å². The van der Waals surface area contributed by atoms with Crippen LogP contribution >= 0.6 is 11.3 Å². The Kier molecular flexibility index (Phi) is 5.15. The molecule has 0 spiro atoms. The highest BCUT2D eigenvalue weighted by Gasteiger charge is 2.34. The highest BCUT2D eigenvalue weighted by molar-refractivity contribution is 7.09. The van der Waals surface area contributed by atoms with Crippen molar-refractivity contribution in [1.82, 2.24) is 24.8 Å². The number of halogens is 1. The summed E-state index contributed by atoms with van der Waals surface area (Å²) in [6, 6.07) is -0.0133. The summed E-state index contributed by atoms with van der Waals surface area (Å²) in [5.74, 6) is -0.151. The molecule has 8 heteroatoms. The molecule has 0 unspecified atom stereocenters. The van der Waals surface area contributed by atoms with E-state index in [1.54, 1.807) is 23.3 Å². The second-order valence-corrected chi connectivity index (χ2v) is 7.15. The van der Waals surface area contributed by atoms with E-state index < -0.39 is 6.17 Å². The van der Waals surface area contributed by atoms with E-state index in [0.717, 1.165) is 10.7 Å². The topological polar surface area (TPSA) is 62.2 Å². The zero-order valence-corrected chi connectivity index (χ0v) is 14.5. The maximum Gasteiger partial charge on any atom is 0.256 e. The van der Waals surface area contributed by atoms with Crippen molar-refractivity contribution in [2.24, 2.45) is 0 Å². The minimum absolute atomic E-state index is 0.0133. The Morgan fingerprint density at radius 1 is 1.46 bits per heavy atom. The second-order valence-electron chi connectivity index (χ2n) is 6.09. The molecule has 0 bridgehead atoms. The van der Waals surface area contributed by atoms with E-state index in [9.17, 15) is 9.18 Å². The van der Waals surface area contributed by atoms with Crippen molar-refractivity contribution in [3.05, 3.63) is 40.4 Å². The van der Waals surface area contributed by atoms with Crippen LogP contribution in [0.25, 0.3) is 0 Å². The van der Waals surface area contributed by atoms with Gasteiger partial charge in [0, 0.05) is 50.5 Å². The van der Waals surface area contributed by atoms with E-state index >= 15 is 0 Å². The summed E-state index contributed by atoms with van der Waals surface area (Å²) in [7, 11) is 1.73. The number of hydrogen-bond acceptors (Lipinski definition) is 6. The van der Waals surface area contributed by atoms with E-state index in [-0.39, 0.29) is 11.9 Å². The summed E-state index contributed by atoms with van der Waals surface area (Å²) in [4.78, 5) is 28.3. The van der Waals surface area contributed by atoms with Crippen LogP contribution in [-0.4, -0.2) is 63.0 Å². The molecule has 0 radical (unpaired) electrons. The molecular weight excluding hydrogens is 329 g/mol. The van der Waals surface area contributed by atoms with E-state index in [0.29, 0.717) is 31.6 Å². The minimum atomic E-state index is -0.863. The van der Waals surface area contributed by atoms with Crippen LogP contribution in [-0.2, 0) is 6.54 Å². The first kappa shape index (κ1) is 16.9. The Labute approximate surface area is 144 Å². The van der Waals surface area contributed by atoms with Crippen LogP contribution in [0.5, 0.6) is 0 Å². The summed E-state index contributed by atoms with van der Waals surface area (Å²) in [6.45, 7) is 3.43. The van der Waals surface area contributed by atoms with Gasteiger partial charge in [0.15, 0.2) is 0 Å². The Hall–Kier alpha value is -1.93. The predicted octanol–water partition coefficient (Wildman–Crippen LogP) is 1.93. The van der Waals surface area contributed by atoms with Crippen molar-refractivity contribution < 1.29 is 9.18 Å². The number of aromatic nitrogens is 3. The summed E-state index contributed by atoms with van der Waals surface area (Å²) in [6.07, 6.45) is 3.95. The fourth-order valence-electron chi connectivity index (χ4n) is 3.02. The first-order valence-electron chi connectivity index (χ1n) is 7.82. The Balaban J connectivity index is 1.64. The average molecular weight is 349 g/mol. The van der Waals surface area contributed by atoms with Crippen molar-refractivity contribution in [1.29, 1.82) is 0 Å². The third kappa shape index (κ3) is 3.93. The minimum Gasteiger partial charge on any atom is -0.340 e. The SMILES string of the molecule is Cc1nc(CN2C[C@@H](F)C[C@H]2CN(C)C(=O)c2cncnc2)cs1. The quantitative estimate of drug-likeness (QED) is 0.825. The van der Waals surface area contributed by atoms with E-state index in [4.69, 9.17) is 0 Å². The van der Waals surface area contributed by atoms with E-state index in [2.05, 4.69) is 19.9 Å². The molecule has 1 amide bonds. The molecule has 0 N–H and O–H groups in total. The Morgan fingerprint density at radius 2 is 2.21 bits per heavy atom. The van der Waals surface area contributed by atoms with Gasteiger partial charge in [-0.2, -0.15) is 0 Å². The van der Waals surface area contributed by atoms with Crippen LogP contribution in [0.2, 0.25) is 0 Å². The third-order valence-corrected chi connectivity index (χ3v) is 4.97. The zero-order valence-electron chi connectivity index (χ0n) is 13.7. The molecule has 2 atom stereocenters. The number of rotatable bonds is 5. The van der Waals surface area contributed by atoms with Gasteiger partial charge in [-0.05, 0) is 13.3 Å². The number of aryl methyl sites for hydroxylation is 1. The number of carbonyl (C=O) groups is 1. The fourth-order valence-corrected chi connectivity index (χ4v) is 3.63. The van der Waals surface area contributed by atoms with Crippen LogP contribution < -0.4 is 0 Å². The van der Waals surface area contributed by atoms with Crippen molar-refractivity contribution in [3.63, 3.8) is 0 Å². The lowest BCUT2D eigenvalue weighted by Crippen LogP contribution is -2.41. The molecular formula is C16H20FN5OS. The third-order valence-electron chi connectivity index (χ3n) is 4.15. The monoisotopic (exact) mass is 349 g/mol. The standard InChI is InChI=1S/C16H20FN5OS/c1-11-20-14(9-24-11)7-22-6-13(17)3-15(22)8-21(2)16(23)12-4-18-10-19-5-12/h4-5,9-10,13,15H,3,6-8H2,1-2H3/t13-,15-/m0/s1. The molecule has 24 heavy (non-hydrogen) atoms.